The summed E-state index contributed by atoms with van der Waals surface area (Å²) in [6, 6.07) is 0. The Balaban J connectivity index is 2.46. The molecule has 2 rings (SSSR count). The van der Waals surface area contributed by atoms with Crippen molar-refractivity contribution in [1.82, 2.24) is 0 Å². The minimum atomic E-state index is 0.0972. The van der Waals surface area contributed by atoms with Crippen LogP contribution in [0.3, 0.4) is 0 Å². The van der Waals surface area contributed by atoms with Gasteiger partial charge in [0.1, 0.15) is 5.78 Å². The van der Waals surface area contributed by atoms with Crippen LogP contribution in [0.4, 0.5) is 0 Å². The topological polar surface area (TPSA) is 17.1 Å². The van der Waals surface area contributed by atoms with Crippen molar-refractivity contribution in [2.75, 3.05) is 0 Å². The first-order chi connectivity index (χ1) is 5.79. The van der Waals surface area contributed by atoms with E-state index in [9.17, 15) is 4.79 Å². The van der Waals surface area contributed by atoms with Gasteiger partial charge in [-0.2, -0.15) is 0 Å². The highest BCUT2D eigenvalue weighted by atomic mass is 16.1. The summed E-state index contributed by atoms with van der Waals surface area (Å²) in [6.45, 7) is 2.09. The van der Waals surface area contributed by atoms with Crippen LogP contribution in [0.1, 0.15) is 19.8 Å². The molecule has 1 heteroatoms. The molecule has 1 nitrogen and oxygen atoms in total. The van der Waals surface area contributed by atoms with Crippen molar-refractivity contribution < 1.29 is 4.79 Å². The van der Waals surface area contributed by atoms with Gasteiger partial charge in [-0.25, -0.2) is 0 Å². The highest BCUT2D eigenvalue weighted by Gasteiger charge is 2.28. The van der Waals surface area contributed by atoms with E-state index in [1.54, 1.807) is 0 Å². The maximum atomic E-state index is 11.4. The van der Waals surface area contributed by atoms with E-state index in [1.807, 2.05) is 18.2 Å². The number of rotatable bonds is 0. The molecule has 1 saturated carbocycles. The zero-order chi connectivity index (χ0) is 8.55. The molecule has 0 amide bonds. The van der Waals surface area contributed by atoms with Crippen LogP contribution in [-0.2, 0) is 4.79 Å². The molecular weight excluding hydrogens is 148 g/mol. The Bertz CT molecular complexity index is 305. The van der Waals surface area contributed by atoms with E-state index in [0.717, 1.165) is 12.8 Å². The highest BCUT2D eigenvalue weighted by molar-refractivity contribution is 5.89. The summed E-state index contributed by atoms with van der Waals surface area (Å²) in [7, 11) is 0. The Morgan fingerprint density at radius 2 is 2.17 bits per heavy atom. The number of Topliss-reactive ketones (excluding diaryl/α,β-unsaturated/α-hetero) is 1. The zero-order valence-electron chi connectivity index (χ0n) is 7.21. The van der Waals surface area contributed by atoms with Crippen molar-refractivity contribution in [2.45, 2.75) is 19.8 Å². The van der Waals surface area contributed by atoms with Gasteiger partial charge in [-0.1, -0.05) is 35.5 Å². The number of carbonyl (C=O) groups excluding carboxylic acids is 1. The molecule has 1 unspecified atom stereocenters. The van der Waals surface area contributed by atoms with E-state index in [0.29, 0.717) is 5.78 Å². The minimum absolute atomic E-state index is 0.0972. The number of fused-ring (bicyclic) bond motifs is 1. The van der Waals surface area contributed by atoms with Gasteiger partial charge in [0.2, 0.25) is 0 Å². The van der Waals surface area contributed by atoms with Crippen molar-refractivity contribution in [3.05, 3.63) is 35.5 Å². The van der Waals surface area contributed by atoms with Crippen molar-refractivity contribution >= 4 is 5.78 Å². The lowest BCUT2D eigenvalue weighted by Crippen LogP contribution is -2.04. The molecule has 0 radical (unpaired) electrons. The second-order valence-corrected chi connectivity index (χ2v) is 3.40. The molecule has 0 aromatic rings. The van der Waals surface area contributed by atoms with Crippen LogP contribution in [0, 0.1) is 5.92 Å². The van der Waals surface area contributed by atoms with Gasteiger partial charge in [-0.3, -0.25) is 4.79 Å². The quantitative estimate of drug-likeness (QED) is 0.532. The monoisotopic (exact) mass is 160 g/mol. The third-order valence-electron chi connectivity index (χ3n) is 2.63. The zero-order valence-corrected chi connectivity index (χ0v) is 7.21. The Morgan fingerprint density at radius 3 is 3.00 bits per heavy atom. The molecule has 0 aliphatic heterocycles. The molecule has 0 bridgehead atoms. The molecule has 0 aromatic heterocycles. The Kier molecular flexibility index (Phi) is 1.72. The number of hydrogen-bond acceptors (Lipinski definition) is 1. The molecule has 1 atom stereocenters. The smallest absolute Gasteiger partial charge is 0.144 e. The summed E-state index contributed by atoms with van der Waals surface area (Å²) < 4.78 is 0. The van der Waals surface area contributed by atoms with E-state index >= 15 is 0 Å². The first kappa shape index (κ1) is 7.53. The molecule has 12 heavy (non-hydrogen) atoms. The first-order valence-corrected chi connectivity index (χ1v) is 4.36. The second-order valence-electron chi connectivity index (χ2n) is 3.40. The number of hydrogen-bond donors (Lipinski definition) is 0. The molecule has 2 aliphatic carbocycles. The van der Waals surface area contributed by atoms with Gasteiger partial charge in [0, 0.05) is 6.42 Å². The molecule has 0 spiro atoms. The van der Waals surface area contributed by atoms with E-state index in [-0.39, 0.29) is 5.92 Å². The largest absolute Gasteiger partial charge is 0.299 e. The maximum Gasteiger partial charge on any atom is 0.144 e. The molecule has 2 aliphatic rings. The van der Waals surface area contributed by atoms with E-state index in [1.165, 1.54) is 11.1 Å². The van der Waals surface area contributed by atoms with Crippen molar-refractivity contribution in [3.8, 4) is 0 Å². The third kappa shape index (κ3) is 1.06. The third-order valence-corrected chi connectivity index (χ3v) is 2.63. The van der Waals surface area contributed by atoms with Crippen LogP contribution < -0.4 is 0 Å². The highest BCUT2D eigenvalue weighted by Crippen LogP contribution is 2.33. The van der Waals surface area contributed by atoms with Gasteiger partial charge < -0.3 is 0 Å². The number of carbonyl (C=O) groups is 1. The Hall–Kier alpha value is -1.11. The average Bonchev–Trinajstić information content (AvgIpc) is 2.30. The first-order valence-electron chi connectivity index (χ1n) is 4.36. The van der Waals surface area contributed by atoms with Gasteiger partial charge in [-0.15, -0.1) is 0 Å². The molecule has 0 N–H and O–H groups in total. The molecule has 0 heterocycles. The Labute approximate surface area is 72.5 Å². The lowest BCUT2D eigenvalue weighted by molar-refractivity contribution is -0.119. The van der Waals surface area contributed by atoms with E-state index in [4.69, 9.17) is 0 Å². The average molecular weight is 160 g/mol. The lowest BCUT2D eigenvalue weighted by Gasteiger charge is -2.05. The molecule has 0 saturated heterocycles. The molecule has 0 aromatic carbocycles. The summed E-state index contributed by atoms with van der Waals surface area (Å²) in [5.74, 6) is 0.476. The summed E-state index contributed by atoms with van der Waals surface area (Å²) in [5, 5.41) is 0. The van der Waals surface area contributed by atoms with Gasteiger partial charge in [-0.05, 0) is 13.3 Å². The van der Waals surface area contributed by atoms with Crippen molar-refractivity contribution in [2.24, 2.45) is 5.92 Å². The summed E-state index contributed by atoms with van der Waals surface area (Å²) in [5.41, 5.74) is 2.60. The maximum absolute atomic E-state index is 11.4. The van der Waals surface area contributed by atoms with Crippen LogP contribution in [0.25, 0.3) is 0 Å². The fraction of sp³-hybridized carbons (Fsp3) is 0.364. The van der Waals surface area contributed by atoms with Gasteiger partial charge in [0.05, 0.1) is 5.92 Å². The lowest BCUT2D eigenvalue weighted by atomic mass is 9.98. The van der Waals surface area contributed by atoms with Crippen molar-refractivity contribution in [1.29, 1.82) is 0 Å². The van der Waals surface area contributed by atoms with Crippen molar-refractivity contribution in [3.63, 3.8) is 0 Å². The summed E-state index contributed by atoms with van der Waals surface area (Å²) in [6.07, 6.45) is 9.78. The fourth-order valence-electron chi connectivity index (χ4n) is 1.91. The predicted octanol–water partition coefficient (Wildman–Crippen LogP) is 2.41. The van der Waals surface area contributed by atoms with Crippen LogP contribution in [0.2, 0.25) is 0 Å². The minimum Gasteiger partial charge on any atom is -0.299 e. The van der Waals surface area contributed by atoms with E-state index in [2.05, 4.69) is 13.0 Å². The van der Waals surface area contributed by atoms with Gasteiger partial charge in [0.25, 0.3) is 0 Å². The Morgan fingerprint density at radius 1 is 1.33 bits per heavy atom. The number of ketones is 1. The number of allylic oxidation sites excluding steroid dienone is 6. The fourth-order valence-corrected chi connectivity index (χ4v) is 1.91. The summed E-state index contributed by atoms with van der Waals surface area (Å²) >= 11 is 0. The molecular formula is C11H12O. The van der Waals surface area contributed by atoms with E-state index < -0.39 is 0 Å². The van der Waals surface area contributed by atoms with Gasteiger partial charge in [0.15, 0.2) is 0 Å². The summed E-state index contributed by atoms with van der Waals surface area (Å²) in [4.78, 5) is 11.4. The van der Waals surface area contributed by atoms with Gasteiger partial charge >= 0.3 is 0 Å². The van der Waals surface area contributed by atoms with Crippen LogP contribution in [0.15, 0.2) is 35.5 Å². The molecule has 62 valence electrons. The molecule has 1 fully saturated rings. The van der Waals surface area contributed by atoms with Crippen LogP contribution in [0.5, 0.6) is 0 Å². The predicted molar refractivity (Wildman–Crippen MR) is 48.7 cm³/mol. The van der Waals surface area contributed by atoms with Crippen LogP contribution >= 0.6 is 0 Å². The van der Waals surface area contributed by atoms with Crippen LogP contribution in [-0.4, -0.2) is 5.78 Å². The normalized spacial score (nSPS) is 27.8. The standard InChI is InChI=1S/C11H12O/c1-8-4-2-3-5-10-9(8)6-7-11(10)12/h2-5,10H,6-7H2,1H3. The SMILES string of the molecule is CC1=C2CCC(=O)C2C=CC=C1. The second kappa shape index (κ2) is 2.74.